The van der Waals surface area contributed by atoms with Crippen molar-refractivity contribution in [2.24, 2.45) is 0 Å². The third-order valence-electron chi connectivity index (χ3n) is 3.97. The zero-order valence-corrected chi connectivity index (χ0v) is 17.4. The van der Waals surface area contributed by atoms with Crippen LogP contribution in [-0.2, 0) is 19.6 Å². The summed E-state index contributed by atoms with van der Waals surface area (Å²) in [4.78, 5) is 24.0. The molecule has 0 aromatic heterocycles. The molecule has 0 bridgehead atoms. The molecule has 0 spiro atoms. The lowest BCUT2D eigenvalue weighted by atomic mass is 10.2. The van der Waals surface area contributed by atoms with E-state index >= 15 is 0 Å². The van der Waals surface area contributed by atoms with Gasteiger partial charge in [-0.1, -0.05) is 25.4 Å². The lowest BCUT2D eigenvalue weighted by Gasteiger charge is -2.18. The molecule has 1 N–H and O–H groups in total. The highest BCUT2D eigenvalue weighted by atomic mass is 35.5. The maximum absolute atomic E-state index is 13.7. The van der Waals surface area contributed by atoms with E-state index < -0.39 is 34.3 Å². The van der Waals surface area contributed by atoms with Crippen LogP contribution in [0.4, 0.5) is 10.1 Å². The molecule has 29 heavy (non-hydrogen) atoms. The second kappa shape index (κ2) is 9.82. The topological polar surface area (TPSA) is 92.8 Å². The molecule has 0 heterocycles. The maximum Gasteiger partial charge on any atom is 0.338 e. The van der Waals surface area contributed by atoms with E-state index in [1.807, 2.05) is 0 Å². The van der Waals surface area contributed by atoms with Gasteiger partial charge in [-0.3, -0.25) is 4.79 Å². The molecule has 2 aromatic carbocycles. The molecule has 0 atom stereocenters. The molecular formula is C19H20ClFN2O5S. The van der Waals surface area contributed by atoms with Gasteiger partial charge in [0.1, 0.15) is 5.82 Å². The molecule has 0 aliphatic heterocycles. The van der Waals surface area contributed by atoms with Crippen molar-refractivity contribution < 1.29 is 27.1 Å². The van der Waals surface area contributed by atoms with Crippen LogP contribution in [0.1, 0.15) is 24.2 Å². The number of esters is 1. The van der Waals surface area contributed by atoms with Gasteiger partial charge in [-0.25, -0.2) is 17.6 Å². The number of hydrogen-bond acceptors (Lipinski definition) is 5. The van der Waals surface area contributed by atoms with Crippen molar-refractivity contribution in [3.63, 3.8) is 0 Å². The van der Waals surface area contributed by atoms with Gasteiger partial charge in [0.05, 0.1) is 16.1 Å². The second-order valence-corrected chi connectivity index (χ2v) is 8.24. The standard InChI is InChI=1S/C19H20ClFN2O5S/c1-3-23(4-2)29(26,27)15-8-5-13(6-9-15)19(25)28-12-18(24)22-17-10-7-14(20)11-16(17)21/h5-11H,3-4,12H2,1-2H3,(H,22,24). The smallest absolute Gasteiger partial charge is 0.338 e. The SMILES string of the molecule is CCN(CC)S(=O)(=O)c1ccc(C(=O)OCC(=O)Nc2ccc(Cl)cc2F)cc1. The molecule has 2 aromatic rings. The van der Waals surface area contributed by atoms with E-state index in [1.54, 1.807) is 13.8 Å². The van der Waals surface area contributed by atoms with Crippen molar-refractivity contribution in [2.45, 2.75) is 18.7 Å². The number of benzene rings is 2. The Labute approximate surface area is 173 Å². The monoisotopic (exact) mass is 442 g/mol. The predicted molar refractivity (Wildman–Crippen MR) is 107 cm³/mol. The second-order valence-electron chi connectivity index (χ2n) is 5.86. The van der Waals surface area contributed by atoms with Crippen molar-refractivity contribution in [2.75, 3.05) is 25.0 Å². The number of ether oxygens (including phenoxy) is 1. The van der Waals surface area contributed by atoms with Crippen LogP contribution >= 0.6 is 11.6 Å². The van der Waals surface area contributed by atoms with Crippen LogP contribution in [0.15, 0.2) is 47.4 Å². The van der Waals surface area contributed by atoms with Crippen LogP contribution in [0.3, 0.4) is 0 Å². The lowest BCUT2D eigenvalue weighted by molar-refractivity contribution is -0.119. The van der Waals surface area contributed by atoms with Crippen molar-refractivity contribution in [1.82, 2.24) is 4.31 Å². The molecule has 0 aliphatic rings. The van der Waals surface area contributed by atoms with E-state index in [4.69, 9.17) is 16.3 Å². The normalized spacial score (nSPS) is 11.3. The number of anilines is 1. The van der Waals surface area contributed by atoms with Crippen LogP contribution in [0.2, 0.25) is 5.02 Å². The minimum atomic E-state index is -3.64. The van der Waals surface area contributed by atoms with Gasteiger partial charge in [0.15, 0.2) is 6.61 Å². The molecule has 2 rings (SSSR count). The number of nitrogens with zero attached hydrogens (tertiary/aromatic N) is 1. The first-order valence-corrected chi connectivity index (χ1v) is 10.5. The number of carbonyl (C=O) groups excluding carboxylic acids is 2. The Bertz CT molecular complexity index is 992. The van der Waals surface area contributed by atoms with Gasteiger partial charge < -0.3 is 10.1 Å². The molecule has 0 saturated heterocycles. The van der Waals surface area contributed by atoms with Gasteiger partial charge >= 0.3 is 5.97 Å². The molecule has 0 aliphatic carbocycles. The van der Waals surface area contributed by atoms with E-state index in [9.17, 15) is 22.4 Å². The summed E-state index contributed by atoms with van der Waals surface area (Å²) < 4.78 is 44.7. The summed E-state index contributed by atoms with van der Waals surface area (Å²) in [7, 11) is -3.64. The first-order chi connectivity index (χ1) is 13.7. The number of sulfonamides is 1. The Morgan fingerprint density at radius 2 is 1.72 bits per heavy atom. The van der Waals surface area contributed by atoms with Gasteiger partial charge in [-0.2, -0.15) is 4.31 Å². The first-order valence-electron chi connectivity index (χ1n) is 8.71. The molecule has 0 fully saturated rings. The van der Waals surface area contributed by atoms with E-state index in [0.717, 1.165) is 6.07 Å². The van der Waals surface area contributed by atoms with Crippen LogP contribution in [0, 0.1) is 5.82 Å². The first kappa shape index (κ1) is 22.8. The van der Waals surface area contributed by atoms with Crippen LogP contribution in [0.5, 0.6) is 0 Å². The highest BCUT2D eigenvalue weighted by Gasteiger charge is 2.22. The van der Waals surface area contributed by atoms with Crippen LogP contribution in [-0.4, -0.2) is 44.3 Å². The summed E-state index contributed by atoms with van der Waals surface area (Å²) in [5.41, 5.74) is -0.0182. The van der Waals surface area contributed by atoms with E-state index in [2.05, 4.69) is 5.32 Å². The number of halogens is 2. The molecule has 7 nitrogen and oxygen atoms in total. The molecule has 0 radical (unpaired) electrons. The number of nitrogens with one attached hydrogen (secondary N) is 1. The average Bonchev–Trinajstić information content (AvgIpc) is 2.69. The molecule has 156 valence electrons. The maximum atomic E-state index is 13.7. The summed E-state index contributed by atoms with van der Waals surface area (Å²) in [5.74, 6) is -2.27. The number of rotatable bonds is 8. The average molecular weight is 443 g/mol. The van der Waals surface area contributed by atoms with E-state index in [1.165, 1.54) is 40.7 Å². The molecule has 0 unspecified atom stereocenters. The lowest BCUT2D eigenvalue weighted by Crippen LogP contribution is -2.30. The van der Waals surface area contributed by atoms with Crippen LogP contribution < -0.4 is 5.32 Å². The summed E-state index contributed by atoms with van der Waals surface area (Å²) >= 11 is 5.63. The zero-order chi connectivity index (χ0) is 21.6. The molecular weight excluding hydrogens is 423 g/mol. The van der Waals surface area contributed by atoms with Gasteiger partial charge in [-0.05, 0) is 42.5 Å². The summed E-state index contributed by atoms with van der Waals surface area (Å²) in [6.45, 7) is 3.47. The Morgan fingerprint density at radius 3 is 2.28 bits per heavy atom. The summed E-state index contributed by atoms with van der Waals surface area (Å²) in [6, 6.07) is 8.93. The largest absolute Gasteiger partial charge is 0.452 e. The van der Waals surface area contributed by atoms with Crippen molar-refractivity contribution >= 4 is 39.2 Å². The number of carbonyl (C=O) groups is 2. The fourth-order valence-corrected chi connectivity index (χ4v) is 4.08. The molecule has 1 amide bonds. The number of amides is 1. The van der Waals surface area contributed by atoms with Crippen molar-refractivity contribution in [3.8, 4) is 0 Å². The Kier molecular flexibility index (Phi) is 7.72. The Morgan fingerprint density at radius 1 is 1.10 bits per heavy atom. The fraction of sp³-hybridized carbons (Fsp3) is 0.263. The molecule has 0 saturated carbocycles. The zero-order valence-electron chi connectivity index (χ0n) is 15.8. The summed E-state index contributed by atoms with van der Waals surface area (Å²) in [6.07, 6.45) is 0. The minimum Gasteiger partial charge on any atom is -0.452 e. The van der Waals surface area contributed by atoms with Gasteiger partial charge in [-0.15, -0.1) is 0 Å². The highest BCUT2D eigenvalue weighted by Crippen LogP contribution is 2.19. The third-order valence-corrected chi connectivity index (χ3v) is 6.27. The van der Waals surface area contributed by atoms with Crippen molar-refractivity contribution in [3.05, 3.63) is 58.9 Å². The number of hydrogen-bond donors (Lipinski definition) is 1. The molecule has 10 heteroatoms. The highest BCUT2D eigenvalue weighted by molar-refractivity contribution is 7.89. The summed E-state index contributed by atoms with van der Waals surface area (Å²) in [5, 5.41) is 2.44. The van der Waals surface area contributed by atoms with Crippen molar-refractivity contribution in [1.29, 1.82) is 0 Å². The quantitative estimate of drug-likeness (QED) is 0.633. The van der Waals surface area contributed by atoms with E-state index in [-0.39, 0.29) is 21.2 Å². The Hall–Kier alpha value is -2.49. The minimum absolute atomic E-state index is 0.0497. The van der Waals surface area contributed by atoms with Crippen LogP contribution in [0.25, 0.3) is 0 Å². The van der Waals surface area contributed by atoms with E-state index in [0.29, 0.717) is 13.1 Å². The third kappa shape index (κ3) is 5.75. The Balaban J connectivity index is 1.98. The van der Waals surface area contributed by atoms with Gasteiger partial charge in [0.2, 0.25) is 10.0 Å². The van der Waals surface area contributed by atoms with Gasteiger partial charge in [0.25, 0.3) is 5.91 Å². The predicted octanol–water partition coefficient (Wildman–Crippen LogP) is 3.31. The van der Waals surface area contributed by atoms with Gasteiger partial charge in [0, 0.05) is 18.1 Å². The fourth-order valence-electron chi connectivity index (χ4n) is 2.47.